The van der Waals surface area contributed by atoms with Gasteiger partial charge in [0, 0.05) is 23.5 Å². The standard InChI is InChI=1S/C19H15N3O3/c1-25-16-8-12-14(9-15(16)23)21-18-17-11(6-7-22(18)19(12)24)10-4-2-3-5-13(10)20-17/h2-5,8-9,20,23H,6-7H2,1H3. The van der Waals surface area contributed by atoms with Gasteiger partial charge >= 0.3 is 0 Å². The highest BCUT2D eigenvalue weighted by Crippen LogP contribution is 2.35. The van der Waals surface area contributed by atoms with Crippen molar-refractivity contribution in [3.63, 3.8) is 0 Å². The number of para-hydroxylation sites is 1. The van der Waals surface area contributed by atoms with Gasteiger partial charge in [-0.05, 0) is 24.1 Å². The van der Waals surface area contributed by atoms with Crippen molar-refractivity contribution in [2.45, 2.75) is 13.0 Å². The number of methoxy groups -OCH3 is 1. The Morgan fingerprint density at radius 1 is 1.24 bits per heavy atom. The number of nitrogens with zero attached hydrogens (tertiary/aromatic N) is 2. The first-order chi connectivity index (χ1) is 12.2. The average Bonchev–Trinajstić information content (AvgIpc) is 3.01. The van der Waals surface area contributed by atoms with Crippen molar-refractivity contribution < 1.29 is 9.84 Å². The molecule has 0 atom stereocenters. The van der Waals surface area contributed by atoms with Crippen LogP contribution in [0.3, 0.4) is 0 Å². The Labute approximate surface area is 142 Å². The molecule has 6 nitrogen and oxygen atoms in total. The van der Waals surface area contributed by atoms with Crippen molar-refractivity contribution in [3.8, 4) is 23.0 Å². The van der Waals surface area contributed by atoms with Crippen LogP contribution in [0.4, 0.5) is 0 Å². The number of aromatic nitrogens is 3. The van der Waals surface area contributed by atoms with Crippen LogP contribution in [0.1, 0.15) is 5.56 Å². The van der Waals surface area contributed by atoms with Crippen molar-refractivity contribution in [2.75, 3.05) is 7.11 Å². The van der Waals surface area contributed by atoms with Crippen LogP contribution in [0.15, 0.2) is 41.2 Å². The molecule has 5 rings (SSSR count). The molecule has 1 aliphatic rings. The molecule has 0 bridgehead atoms. The van der Waals surface area contributed by atoms with Crippen molar-refractivity contribution >= 4 is 21.8 Å². The van der Waals surface area contributed by atoms with Gasteiger partial charge in [0.05, 0.1) is 23.7 Å². The molecule has 0 unspecified atom stereocenters. The number of nitrogens with one attached hydrogen (secondary N) is 1. The van der Waals surface area contributed by atoms with E-state index in [2.05, 4.69) is 16.0 Å². The number of fused-ring (bicyclic) bond motifs is 6. The van der Waals surface area contributed by atoms with Gasteiger partial charge in [0.25, 0.3) is 5.56 Å². The molecule has 1 aliphatic heterocycles. The summed E-state index contributed by atoms with van der Waals surface area (Å²) < 4.78 is 6.81. The molecule has 6 heteroatoms. The number of aryl methyl sites for hydroxylation is 1. The average molecular weight is 333 g/mol. The Morgan fingerprint density at radius 3 is 2.92 bits per heavy atom. The van der Waals surface area contributed by atoms with Crippen LogP contribution in [0.5, 0.6) is 11.5 Å². The highest BCUT2D eigenvalue weighted by atomic mass is 16.5. The van der Waals surface area contributed by atoms with E-state index in [-0.39, 0.29) is 17.1 Å². The quantitative estimate of drug-likeness (QED) is 0.561. The summed E-state index contributed by atoms with van der Waals surface area (Å²) in [6.45, 7) is 0.579. The second kappa shape index (κ2) is 4.86. The molecule has 0 fully saturated rings. The molecule has 2 aromatic heterocycles. The summed E-state index contributed by atoms with van der Waals surface area (Å²) >= 11 is 0. The van der Waals surface area contributed by atoms with Gasteiger partial charge in [0.2, 0.25) is 0 Å². The number of ether oxygens (including phenoxy) is 1. The lowest BCUT2D eigenvalue weighted by molar-refractivity contribution is 0.374. The van der Waals surface area contributed by atoms with E-state index >= 15 is 0 Å². The van der Waals surface area contributed by atoms with E-state index < -0.39 is 0 Å². The molecule has 2 aromatic carbocycles. The molecule has 0 aliphatic carbocycles. The Hall–Kier alpha value is -3.28. The fourth-order valence-corrected chi connectivity index (χ4v) is 3.67. The van der Waals surface area contributed by atoms with Crippen LogP contribution in [0, 0.1) is 0 Å². The summed E-state index contributed by atoms with van der Waals surface area (Å²) in [5.41, 5.74) is 3.43. The summed E-state index contributed by atoms with van der Waals surface area (Å²) in [4.78, 5) is 21.0. The van der Waals surface area contributed by atoms with Gasteiger partial charge in [0.15, 0.2) is 17.3 Å². The predicted octanol–water partition coefficient (Wildman–Crippen LogP) is 2.82. The van der Waals surface area contributed by atoms with Crippen molar-refractivity contribution in [1.82, 2.24) is 14.5 Å². The molecule has 25 heavy (non-hydrogen) atoms. The smallest absolute Gasteiger partial charge is 0.261 e. The fourth-order valence-electron chi connectivity index (χ4n) is 3.67. The number of aromatic hydroxyl groups is 1. The van der Waals surface area contributed by atoms with E-state index in [4.69, 9.17) is 4.74 Å². The number of H-pyrrole nitrogens is 1. The van der Waals surface area contributed by atoms with Crippen LogP contribution in [0.25, 0.3) is 33.3 Å². The number of phenolic OH excluding ortho intramolecular Hbond substituents is 1. The molecule has 0 saturated heterocycles. The molecule has 0 amide bonds. The van der Waals surface area contributed by atoms with Gasteiger partial charge in [-0.1, -0.05) is 18.2 Å². The first kappa shape index (κ1) is 14.1. The van der Waals surface area contributed by atoms with Crippen molar-refractivity contribution in [2.24, 2.45) is 0 Å². The number of benzene rings is 2. The molecular weight excluding hydrogens is 318 g/mol. The normalized spacial score (nSPS) is 13.0. The van der Waals surface area contributed by atoms with E-state index in [0.717, 1.165) is 23.0 Å². The van der Waals surface area contributed by atoms with Crippen molar-refractivity contribution in [3.05, 3.63) is 52.3 Å². The SMILES string of the molecule is COc1cc2c(=O)n3c(nc2cc1O)-c1[nH]c2ccccc2c1CC3. The van der Waals surface area contributed by atoms with Gasteiger partial charge in [-0.25, -0.2) is 4.98 Å². The van der Waals surface area contributed by atoms with E-state index in [9.17, 15) is 9.90 Å². The summed E-state index contributed by atoms with van der Waals surface area (Å²) in [5, 5.41) is 11.6. The third-order valence-electron chi connectivity index (χ3n) is 4.88. The maximum atomic E-state index is 12.9. The Bertz CT molecular complexity index is 1220. The van der Waals surface area contributed by atoms with Crippen LogP contribution in [-0.2, 0) is 13.0 Å². The number of phenols is 1. The molecule has 0 spiro atoms. The van der Waals surface area contributed by atoms with Crippen LogP contribution >= 0.6 is 0 Å². The third-order valence-corrected chi connectivity index (χ3v) is 4.88. The molecule has 4 aromatic rings. The molecule has 2 N–H and O–H groups in total. The predicted molar refractivity (Wildman–Crippen MR) is 95.2 cm³/mol. The minimum atomic E-state index is -0.123. The summed E-state index contributed by atoms with van der Waals surface area (Å²) in [7, 11) is 1.46. The lowest BCUT2D eigenvalue weighted by atomic mass is 10.0. The molecule has 124 valence electrons. The van der Waals surface area contributed by atoms with Gasteiger partial charge in [-0.2, -0.15) is 0 Å². The molecule has 0 radical (unpaired) electrons. The lowest BCUT2D eigenvalue weighted by Crippen LogP contribution is -2.27. The summed E-state index contributed by atoms with van der Waals surface area (Å²) in [5.74, 6) is 0.855. The fraction of sp³-hybridized carbons (Fsp3) is 0.158. The van der Waals surface area contributed by atoms with E-state index in [0.29, 0.717) is 23.3 Å². The van der Waals surface area contributed by atoms with E-state index in [1.807, 2.05) is 18.2 Å². The summed E-state index contributed by atoms with van der Waals surface area (Å²) in [6.07, 6.45) is 0.772. The molecule has 0 saturated carbocycles. The Kier molecular flexibility index (Phi) is 2.74. The second-order valence-corrected chi connectivity index (χ2v) is 6.21. The number of aromatic amines is 1. The van der Waals surface area contributed by atoms with E-state index in [1.165, 1.54) is 18.7 Å². The van der Waals surface area contributed by atoms with Gasteiger partial charge < -0.3 is 14.8 Å². The molecule has 3 heterocycles. The maximum Gasteiger partial charge on any atom is 0.261 e. The first-order valence-corrected chi connectivity index (χ1v) is 8.09. The van der Waals surface area contributed by atoms with Gasteiger partial charge in [-0.3, -0.25) is 9.36 Å². The zero-order valence-electron chi connectivity index (χ0n) is 13.5. The van der Waals surface area contributed by atoms with Gasteiger partial charge in [-0.15, -0.1) is 0 Å². The van der Waals surface area contributed by atoms with Crippen LogP contribution in [0.2, 0.25) is 0 Å². The minimum Gasteiger partial charge on any atom is -0.504 e. The lowest BCUT2D eigenvalue weighted by Gasteiger charge is -2.19. The summed E-state index contributed by atoms with van der Waals surface area (Å²) in [6, 6.07) is 11.1. The Balaban J connectivity index is 1.87. The maximum absolute atomic E-state index is 12.9. The zero-order chi connectivity index (χ0) is 17.1. The number of hydrogen-bond donors (Lipinski definition) is 2. The highest BCUT2D eigenvalue weighted by Gasteiger charge is 2.24. The number of rotatable bonds is 1. The highest BCUT2D eigenvalue weighted by molar-refractivity contribution is 5.91. The third kappa shape index (κ3) is 1.85. The van der Waals surface area contributed by atoms with Crippen LogP contribution in [-0.4, -0.2) is 26.8 Å². The molecular formula is C19H15N3O3. The van der Waals surface area contributed by atoms with Gasteiger partial charge in [0.1, 0.15) is 0 Å². The minimum absolute atomic E-state index is 0.0282. The van der Waals surface area contributed by atoms with E-state index in [1.54, 1.807) is 10.6 Å². The van der Waals surface area contributed by atoms with Crippen LogP contribution < -0.4 is 10.3 Å². The monoisotopic (exact) mass is 333 g/mol. The number of hydrogen-bond acceptors (Lipinski definition) is 4. The Morgan fingerprint density at radius 2 is 2.08 bits per heavy atom. The first-order valence-electron chi connectivity index (χ1n) is 8.09. The largest absolute Gasteiger partial charge is 0.504 e. The second-order valence-electron chi connectivity index (χ2n) is 6.21. The van der Waals surface area contributed by atoms with Crippen molar-refractivity contribution in [1.29, 1.82) is 0 Å². The zero-order valence-corrected chi connectivity index (χ0v) is 13.5. The topological polar surface area (TPSA) is 80.1 Å².